The SMILES string of the molecule is CCN(CC(=O)Nc1ccc2c(c1)OCCO2)Cc1nc(Cc2ccccc2)no1. The molecule has 0 bridgehead atoms. The van der Waals surface area contributed by atoms with Crippen molar-refractivity contribution in [1.82, 2.24) is 15.0 Å². The molecule has 0 spiro atoms. The Kier molecular flexibility index (Phi) is 6.24. The van der Waals surface area contributed by atoms with Crippen LogP contribution in [-0.2, 0) is 17.8 Å². The molecule has 2 heterocycles. The number of nitrogens with one attached hydrogen (secondary N) is 1. The maximum Gasteiger partial charge on any atom is 0.240 e. The molecule has 1 aliphatic heterocycles. The van der Waals surface area contributed by atoms with Crippen LogP contribution in [0.25, 0.3) is 0 Å². The summed E-state index contributed by atoms with van der Waals surface area (Å²) >= 11 is 0. The second-order valence-electron chi connectivity index (χ2n) is 6.98. The van der Waals surface area contributed by atoms with E-state index in [1.54, 1.807) is 18.2 Å². The Labute approximate surface area is 174 Å². The third kappa shape index (κ3) is 5.15. The summed E-state index contributed by atoms with van der Waals surface area (Å²) in [6.07, 6.45) is 0.612. The predicted octanol–water partition coefficient (Wildman–Crippen LogP) is 2.89. The van der Waals surface area contributed by atoms with Crippen LogP contribution in [0.15, 0.2) is 53.1 Å². The first-order valence-corrected chi connectivity index (χ1v) is 9.97. The molecule has 1 aromatic heterocycles. The Bertz CT molecular complexity index is 990. The van der Waals surface area contributed by atoms with Gasteiger partial charge in [-0.25, -0.2) is 0 Å². The number of anilines is 1. The van der Waals surface area contributed by atoms with Crippen molar-refractivity contribution in [3.8, 4) is 11.5 Å². The van der Waals surface area contributed by atoms with Crippen LogP contribution in [0.5, 0.6) is 11.5 Å². The van der Waals surface area contributed by atoms with Crippen LogP contribution >= 0.6 is 0 Å². The number of carbonyl (C=O) groups is 1. The molecule has 1 amide bonds. The van der Waals surface area contributed by atoms with Crippen molar-refractivity contribution in [3.63, 3.8) is 0 Å². The molecule has 3 aromatic rings. The summed E-state index contributed by atoms with van der Waals surface area (Å²) in [5.74, 6) is 2.33. The molecule has 2 aromatic carbocycles. The molecule has 8 heteroatoms. The lowest BCUT2D eigenvalue weighted by molar-refractivity contribution is -0.117. The number of carbonyl (C=O) groups excluding carboxylic acids is 1. The van der Waals surface area contributed by atoms with Crippen LogP contribution in [0.3, 0.4) is 0 Å². The molecule has 0 radical (unpaired) electrons. The van der Waals surface area contributed by atoms with Gasteiger partial charge in [0, 0.05) is 18.2 Å². The molecule has 0 fully saturated rings. The third-order valence-corrected chi connectivity index (χ3v) is 4.71. The van der Waals surface area contributed by atoms with E-state index in [0.29, 0.717) is 61.6 Å². The predicted molar refractivity (Wildman–Crippen MR) is 111 cm³/mol. The lowest BCUT2D eigenvalue weighted by atomic mass is 10.1. The average Bonchev–Trinajstić information content (AvgIpc) is 3.20. The molecule has 30 heavy (non-hydrogen) atoms. The summed E-state index contributed by atoms with van der Waals surface area (Å²) in [7, 11) is 0. The zero-order valence-corrected chi connectivity index (χ0v) is 16.8. The largest absolute Gasteiger partial charge is 0.486 e. The highest BCUT2D eigenvalue weighted by Crippen LogP contribution is 2.32. The van der Waals surface area contributed by atoms with Crippen LogP contribution in [0.1, 0.15) is 24.2 Å². The number of fused-ring (bicyclic) bond motifs is 1. The number of rotatable bonds is 8. The van der Waals surface area contributed by atoms with Gasteiger partial charge in [-0.05, 0) is 24.2 Å². The van der Waals surface area contributed by atoms with E-state index >= 15 is 0 Å². The second-order valence-corrected chi connectivity index (χ2v) is 6.98. The first-order valence-electron chi connectivity index (χ1n) is 9.97. The minimum Gasteiger partial charge on any atom is -0.486 e. The summed E-state index contributed by atoms with van der Waals surface area (Å²) in [5.41, 5.74) is 1.79. The number of likely N-dealkylation sites (N-methyl/N-ethyl adjacent to an activating group) is 1. The van der Waals surface area contributed by atoms with E-state index in [1.165, 1.54) is 0 Å². The van der Waals surface area contributed by atoms with Crippen LogP contribution in [0.4, 0.5) is 5.69 Å². The van der Waals surface area contributed by atoms with Crippen molar-refractivity contribution < 1.29 is 18.8 Å². The minimum absolute atomic E-state index is 0.127. The molecule has 1 N–H and O–H groups in total. The van der Waals surface area contributed by atoms with E-state index < -0.39 is 0 Å². The lowest BCUT2D eigenvalue weighted by Gasteiger charge is -2.20. The molecule has 8 nitrogen and oxygen atoms in total. The van der Waals surface area contributed by atoms with E-state index in [2.05, 4.69) is 15.5 Å². The van der Waals surface area contributed by atoms with Crippen molar-refractivity contribution >= 4 is 11.6 Å². The topological polar surface area (TPSA) is 89.7 Å². The van der Waals surface area contributed by atoms with E-state index in [9.17, 15) is 4.79 Å². The number of aromatic nitrogens is 2. The highest BCUT2D eigenvalue weighted by atomic mass is 16.6. The van der Waals surface area contributed by atoms with Crippen LogP contribution < -0.4 is 14.8 Å². The monoisotopic (exact) mass is 408 g/mol. The fourth-order valence-corrected chi connectivity index (χ4v) is 3.20. The van der Waals surface area contributed by atoms with Gasteiger partial charge in [0.1, 0.15) is 13.2 Å². The van der Waals surface area contributed by atoms with Crippen molar-refractivity contribution in [2.24, 2.45) is 0 Å². The van der Waals surface area contributed by atoms with Crippen molar-refractivity contribution in [1.29, 1.82) is 0 Å². The van der Waals surface area contributed by atoms with Gasteiger partial charge in [-0.15, -0.1) is 0 Å². The summed E-state index contributed by atoms with van der Waals surface area (Å²) in [6.45, 7) is 4.31. The Hall–Kier alpha value is -3.39. The van der Waals surface area contributed by atoms with Crippen LogP contribution in [0, 0.1) is 0 Å². The fraction of sp³-hybridized carbons (Fsp3) is 0.318. The van der Waals surface area contributed by atoms with E-state index in [1.807, 2.05) is 42.2 Å². The van der Waals surface area contributed by atoms with Gasteiger partial charge in [-0.3, -0.25) is 9.69 Å². The molecule has 1 aliphatic rings. The Balaban J connectivity index is 1.31. The number of nitrogens with zero attached hydrogens (tertiary/aromatic N) is 3. The normalized spacial score (nSPS) is 12.7. The molecule has 156 valence electrons. The average molecular weight is 408 g/mol. The number of hydrogen-bond donors (Lipinski definition) is 1. The quantitative estimate of drug-likeness (QED) is 0.613. The van der Waals surface area contributed by atoms with Crippen molar-refractivity contribution in [2.75, 3.05) is 31.6 Å². The molecule has 0 unspecified atom stereocenters. The van der Waals surface area contributed by atoms with Gasteiger partial charge in [0.2, 0.25) is 11.8 Å². The lowest BCUT2D eigenvalue weighted by Crippen LogP contribution is -2.32. The van der Waals surface area contributed by atoms with Gasteiger partial charge in [-0.2, -0.15) is 4.98 Å². The summed E-state index contributed by atoms with van der Waals surface area (Å²) < 4.78 is 16.4. The van der Waals surface area contributed by atoms with E-state index in [-0.39, 0.29) is 12.5 Å². The smallest absolute Gasteiger partial charge is 0.240 e. The van der Waals surface area contributed by atoms with Crippen molar-refractivity contribution in [3.05, 3.63) is 65.8 Å². The summed E-state index contributed by atoms with van der Waals surface area (Å²) in [6, 6.07) is 15.4. The molecule has 0 atom stereocenters. The first kappa shape index (κ1) is 19.9. The Morgan fingerprint density at radius 3 is 2.70 bits per heavy atom. The number of benzene rings is 2. The molecular weight excluding hydrogens is 384 g/mol. The highest BCUT2D eigenvalue weighted by molar-refractivity contribution is 5.92. The number of ether oxygens (including phenoxy) is 2. The third-order valence-electron chi connectivity index (χ3n) is 4.71. The summed E-state index contributed by atoms with van der Waals surface area (Å²) in [5, 5.41) is 6.95. The Morgan fingerprint density at radius 2 is 1.90 bits per heavy atom. The molecule has 0 aliphatic carbocycles. The Morgan fingerprint density at radius 1 is 1.10 bits per heavy atom. The number of hydrogen-bond acceptors (Lipinski definition) is 7. The van der Waals surface area contributed by atoms with Gasteiger partial charge in [0.15, 0.2) is 17.3 Å². The molecule has 0 saturated carbocycles. The maximum absolute atomic E-state index is 12.5. The van der Waals surface area contributed by atoms with Gasteiger partial charge in [0.25, 0.3) is 0 Å². The molecule has 0 saturated heterocycles. The van der Waals surface area contributed by atoms with Crippen molar-refractivity contribution in [2.45, 2.75) is 19.9 Å². The molecular formula is C22H24N4O4. The summed E-state index contributed by atoms with van der Waals surface area (Å²) in [4.78, 5) is 18.9. The maximum atomic E-state index is 12.5. The van der Waals surface area contributed by atoms with Gasteiger partial charge < -0.3 is 19.3 Å². The number of amides is 1. The standard InChI is InChI=1S/C22H24N4O4/c1-2-26(15-22-24-20(25-30-22)12-16-6-4-3-5-7-16)14-21(27)23-17-8-9-18-19(13-17)29-11-10-28-18/h3-9,13H,2,10-12,14-15H2,1H3,(H,23,27). The fourth-order valence-electron chi connectivity index (χ4n) is 3.20. The zero-order chi connectivity index (χ0) is 20.8. The zero-order valence-electron chi connectivity index (χ0n) is 16.8. The highest BCUT2D eigenvalue weighted by Gasteiger charge is 2.16. The van der Waals surface area contributed by atoms with Crippen LogP contribution in [-0.4, -0.2) is 47.3 Å². The molecule has 4 rings (SSSR count). The van der Waals surface area contributed by atoms with Crippen LogP contribution in [0.2, 0.25) is 0 Å². The van der Waals surface area contributed by atoms with E-state index in [4.69, 9.17) is 14.0 Å². The van der Waals surface area contributed by atoms with E-state index in [0.717, 1.165) is 5.56 Å². The van der Waals surface area contributed by atoms with Gasteiger partial charge in [0.05, 0.1) is 13.1 Å². The van der Waals surface area contributed by atoms with Gasteiger partial charge >= 0.3 is 0 Å². The second kappa shape index (κ2) is 9.41. The van der Waals surface area contributed by atoms with Gasteiger partial charge in [-0.1, -0.05) is 42.4 Å². The first-order chi connectivity index (χ1) is 14.7. The minimum atomic E-state index is -0.127.